The molecule has 116 valence electrons. The first kappa shape index (κ1) is 16.1. The highest BCUT2D eigenvalue weighted by molar-refractivity contribution is 9.10. The molecule has 3 amide bonds. The number of halogens is 1. The van der Waals surface area contributed by atoms with Crippen molar-refractivity contribution in [1.29, 1.82) is 0 Å². The average Bonchev–Trinajstić information content (AvgIpc) is 3.00. The van der Waals surface area contributed by atoms with E-state index >= 15 is 0 Å². The topological polar surface area (TPSA) is 83.4 Å². The zero-order chi connectivity index (χ0) is 15.9. The lowest BCUT2D eigenvalue weighted by atomic mass is 10.2. The summed E-state index contributed by atoms with van der Waals surface area (Å²) in [5.74, 6) is 0.198. The maximum Gasteiger partial charge on any atom is 0.321 e. The highest BCUT2D eigenvalue weighted by atomic mass is 79.9. The molecular weight excluding hydrogens is 350 g/mol. The van der Waals surface area contributed by atoms with Gasteiger partial charge < -0.3 is 15.1 Å². The third-order valence-corrected chi connectivity index (χ3v) is 3.76. The van der Waals surface area contributed by atoms with Crippen LogP contribution in [0.4, 0.5) is 10.5 Å². The maximum atomic E-state index is 11.7. The highest BCUT2D eigenvalue weighted by Gasteiger charge is 2.08. The second-order valence-electron chi connectivity index (χ2n) is 4.63. The van der Waals surface area contributed by atoms with Crippen LogP contribution >= 0.6 is 15.9 Å². The molecule has 0 aliphatic rings. The van der Waals surface area contributed by atoms with Gasteiger partial charge in [-0.25, -0.2) is 4.79 Å². The maximum absolute atomic E-state index is 11.7. The van der Waals surface area contributed by atoms with E-state index in [1.54, 1.807) is 12.1 Å². The number of imide groups is 1. The molecule has 0 saturated carbocycles. The second kappa shape index (κ2) is 7.65. The highest BCUT2D eigenvalue weighted by Crippen LogP contribution is 2.19. The van der Waals surface area contributed by atoms with Crippen molar-refractivity contribution in [2.24, 2.45) is 0 Å². The quantitative estimate of drug-likeness (QED) is 0.760. The molecule has 2 rings (SSSR count). The fourth-order valence-electron chi connectivity index (χ4n) is 1.73. The monoisotopic (exact) mass is 365 g/mol. The third-order valence-electron chi connectivity index (χ3n) is 2.87. The normalized spacial score (nSPS) is 10.1. The van der Waals surface area contributed by atoms with Gasteiger partial charge >= 0.3 is 6.03 Å². The number of urea groups is 1. The van der Waals surface area contributed by atoms with Crippen LogP contribution in [0.2, 0.25) is 0 Å². The van der Waals surface area contributed by atoms with Crippen molar-refractivity contribution in [1.82, 2.24) is 10.6 Å². The van der Waals surface area contributed by atoms with Crippen molar-refractivity contribution in [3.05, 3.63) is 52.4 Å². The number of aryl methyl sites for hydroxylation is 1. The summed E-state index contributed by atoms with van der Waals surface area (Å²) in [6.07, 6.45) is 1.52. The molecule has 7 heteroatoms. The Balaban J connectivity index is 1.72. The summed E-state index contributed by atoms with van der Waals surface area (Å²) in [6.45, 7) is 2.19. The van der Waals surface area contributed by atoms with Gasteiger partial charge in [-0.05, 0) is 42.8 Å². The molecule has 0 radical (unpaired) electrons. The van der Waals surface area contributed by atoms with Gasteiger partial charge in [0.05, 0.1) is 19.4 Å². The Bertz CT molecular complexity index is 656. The second-order valence-corrected chi connectivity index (χ2v) is 5.48. The molecule has 0 fully saturated rings. The minimum absolute atomic E-state index is 0.00917. The Morgan fingerprint density at radius 1 is 1.27 bits per heavy atom. The number of rotatable bonds is 5. The molecule has 1 aromatic carbocycles. The first-order chi connectivity index (χ1) is 10.5. The van der Waals surface area contributed by atoms with E-state index in [0.29, 0.717) is 5.76 Å². The number of carbonyl (C=O) groups excluding carboxylic acids is 2. The van der Waals surface area contributed by atoms with Crippen LogP contribution in [0.5, 0.6) is 0 Å². The van der Waals surface area contributed by atoms with Crippen LogP contribution in [-0.4, -0.2) is 18.5 Å². The van der Waals surface area contributed by atoms with E-state index in [-0.39, 0.29) is 13.1 Å². The predicted octanol–water partition coefficient (Wildman–Crippen LogP) is 2.79. The van der Waals surface area contributed by atoms with E-state index < -0.39 is 11.9 Å². The standard InChI is InChI=1S/C15H16BrN3O3/c1-10-7-11(4-5-13(10)16)17-9-14(20)19-15(21)18-8-12-3-2-6-22-12/h2-7,17H,8-9H2,1H3,(H2,18,19,20,21). The summed E-state index contributed by atoms with van der Waals surface area (Å²) in [5, 5.41) is 7.72. The number of benzene rings is 1. The van der Waals surface area contributed by atoms with Gasteiger partial charge in [0.15, 0.2) is 0 Å². The Hall–Kier alpha value is -2.28. The SMILES string of the molecule is Cc1cc(NCC(=O)NC(=O)NCc2ccco2)ccc1Br. The Labute approximate surface area is 136 Å². The minimum atomic E-state index is -0.560. The Morgan fingerprint density at radius 3 is 2.77 bits per heavy atom. The van der Waals surface area contributed by atoms with Gasteiger partial charge in [0.2, 0.25) is 5.91 Å². The van der Waals surface area contributed by atoms with Crippen LogP contribution in [0.15, 0.2) is 45.5 Å². The molecule has 0 unspecified atom stereocenters. The van der Waals surface area contributed by atoms with E-state index in [4.69, 9.17) is 4.42 Å². The van der Waals surface area contributed by atoms with E-state index in [0.717, 1.165) is 15.7 Å². The summed E-state index contributed by atoms with van der Waals surface area (Å²) in [7, 11) is 0. The zero-order valence-electron chi connectivity index (χ0n) is 12.0. The number of amides is 3. The fourth-order valence-corrected chi connectivity index (χ4v) is 1.98. The summed E-state index contributed by atoms with van der Waals surface area (Å²) in [6, 6.07) is 8.56. The van der Waals surface area contributed by atoms with Crippen molar-refractivity contribution in [2.75, 3.05) is 11.9 Å². The molecule has 22 heavy (non-hydrogen) atoms. The van der Waals surface area contributed by atoms with Gasteiger partial charge in [0, 0.05) is 10.2 Å². The number of nitrogens with one attached hydrogen (secondary N) is 3. The Kier molecular flexibility index (Phi) is 5.60. The summed E-state index contributed by atoms with van der Waals surface area (Å²) in [5.41, 5.74) is 1.87. The summed E-state index contributed by atoms with van der Waals surface area (Å²) >= 11 is 3.41. The minimum Gasteiger partial charge on any atom is -0.467 e. The van der Waals surface area contributed by atoms with Gasteiger partial charge in [-0.3, -0.25) is 10.1 Å². The van der Waals surface area contributed by atoms with E-state index in [2.05, 4.69) is 31.9 Å². The number of hydrogen-bond acceptors (Lipinski definition) is 4. The molecule has 3 N–H and O–H groups in total. The number of furan rings is 1. The first-order valence-electron chi connectivity index (χ1n) is 6.64. The molecular formula is C15H16BrN3O3. The van der Waals surface area contributed by atoms with Crippen molar-refractivity contribution in [3.63, 3.8) is 0 Å². The van der Waals surface area contributed by atoms with Crippen LogP contribution in [-0.2, 0) is 11.3 Å². The zero-order valence-corrected chi connectivity index (χ0v) is 13.6. The van der Waals surface area contributed by atoms with Crippen LogP contribution in [0.3, 0.4) is 0 Å². The molecule has 6 nitrogen and oxygen atoms in total. The molecule has 0 atom stereocenters. The number of hydrogen-bond donors (Lipinski definition) is 3. The molecule has 1 aromatic heterocycles. The molecule has 0 aliphatic carbocycles. The van der Waals surface area contributed by atoms with Crippen LogP contribution in [0, 0.1) is 6.92 Å². The molecule has 0 bridgehead atoms. The van der Waals surface area contributed by atoms with E-state index in [1.807, 2.05) is 25.1 Å². The molecule has 2 aromatic rings. The van der Waals surface area contributed by atoms with Crippen molar-refractivity contribution >= 4 is 33.6 Å². The summed E-state index contributed by atoms with van der Waals surface area (Å²) in [4.78, 5) is 23.2. The lowest BCUT2D eigenvalue weighted by Gasteiger charge is -2.09. The van der Waals surface area contributed by atoms with Gasteiger partial charge in [-0.1, -0.05) is 15.9 Å². The van der Waals surface area contributed by atoms with Gasteiger partial charge in [0.1, 0.15) is 5.76 Å². The van der Waals surface area contributed by atoms with E-state index in [9.17, 15) is 9.59 Å². The Morgan fingerprint density at radius 2 is 2.09 bits per heavy atom. The smallest absolute Gasteiger partial charge is 0.321 e. The molecule has 0 saturated heterocycles. The summed E-state index contributed by atoms with van der Waals surface area (Å²) < 4.78 is 6.07. The van der Waals surface area contributed by atoms with E-state index in [1.165, 1.54) is 6.26 Å². The van der Waals surface area contributed by atoms with Gasteiger partial charge in [-0.15, -0.1) is 0 Å². The lowest BCUT2D eigenvalue weighted by Crippen LogP contribution is -2.41. The van der Waals surface area contributed by atoms with Crippen LogP contribution in [0.1, 0.15) is 11.3 Å². The first-order valence-corrected chi connectivity index (χ1v) is 7.44. The van der Waals surface area contributed by atoms with Crippen LogP contribution < -0.4 is 16.0 Å². The molecule has 0 aliphatic heterocycles. The van der Waals surface area contributed by atoms with Crippen LogP contribution in [0.25, 0.3) is 0 Å². The molecule has 1 heterocycles. The lowest BCUT2D eigenvalue weighted by molar-refractivity contribution is -0.118. The van der Waals surface area contributed by atoms with Crippen molar-refractivity contribution in [2.45, 2.75) is 13.5 Å². The fraction of sp³-hybridized carbons (Fsp3) is 0.200. The third kappa shape index (κ3) is 4.92. The van der Waals surface area contributed by atoms with Crippen molar-refractivity contribution < 1.29 is 14.0 Å². The number of carbonyl (C=O) groups is 2. The predicted molar refractivity (Wildman–Crippen MR) is 86.5 cm³/mol. The number of anilines is 1. The van der Waals surface area contributed by atoms with Gasteiger partial charge in [-0.2, -0.15) is 0 Å². The van der Waals surface area contributed by atoms with Gasteiger partial charge in [0.25, 0.3) is 0 Å². The largest absolute Gasteiger partial charge is 0.467 e. The molecule has 0 spiro atoms. The average molecular weight is 366 g/mol. The van der Waals surface area contributed by atoms with Crippen molar-refractivity contribution in [3.8, 4) is 0 Å².